The van der Waals surface area contributed by atoms with E-state index >= 15 is 0 Å². The van der Waals surface area contributed by atoms with Gasteiger partial charge in [-0.2, -0.15) is 4.98 Å². The molecule has 0 unspecified atom stereocenters. The van der Waals surface area contributed by atoms with Crippen molar-refractivity contribution in [3.8, 4) is 5.75 Å². The van der Waals surface area contributed by atoms with Crippen molar-refractivity contribution in [3.63, 3.8) is 0 Å². The van der Waals surface area contributed by atoms with Crippen molar-refractivity contribution in [3.05, 3.63) is 23.9 Å². The highest BCUT2D eigenvalue weighted by Gasteiger charge is 2.21. The van der Waals surface area contributed by atoms with E-state index in [9.17, 15) is 4.79 Å². The summed E-state index contributed by atoms with van der Waals surface area (Å²) in [5.74, 6) is 1.57. The van der Waals surface area contributed by atoms with E-state index in [-0.39, 0.29) is 12.5 Å². The Morgan fingerprint density at radius 2 is 2.25 bits per heavy atom. The highest BCUT2D eigenvalue weighted by atomic mass is 16.5. The molecule has 1 aromatic heterocycles. The molecule has 20 heavy (non-hydrogen) atoms. The Labute approximate surface area is 115 Å². The molecular formula is C13H14N5O2+. The first-order valence-corrected chi connectivity index (χ1v) is 6.16. The number of anilines is 1. The van der Waals surface area contributed by atoms with Gasteiger partial charge in [-0.05, 0) is 19.1 Å². The number of carbonyl (C=O) groups excluding carboxylic acids is 1. The second-order valence-electron chi connectivity index (χ2n) is 4.42. The fourth-order valence-corrected chi connectivity index (χ4v) is 2.03. The molecule has 1 amide bonds. The van der Waals surface area contributed by atoms with E-state index in [1.807, 2.05) is 25.1 Å². The van der Waals surface area contributed by atoms with Crippen LogP contribution in [0.5, 0.6) is 5.75 Å². The fourth-order valence-electron chi connectivity index (χ4n) is 2.03. The maximum absolute atomic E-state index is 11.1. The number of carbonyl (C=O) groups is 1. The molecule has 0 saturated carbocycles. The lowest BCUT2D eigenvalue weighted by Crippen LogP contribution is -2.72. The van der Waals surface area contributed by atoms with Crippen LogP contribution < -0.4 is 20.4 Å². The normalized spacial score (nSPS) is 14.1. The number of nitrogens with one attached hydrogen (secondary N) is 3. The molecule has 0 atom stereocenters. The van der Waals surface area contributed by atoms with Crippen LogP contribution in [0.1, 0.15) is 5.69 Å². The lowest BCUT2D eigenvalue weighted by Gasteiger charge is -2.05. The molecule has 0 bridgehead atoms. The van der Waals surface area contributed by atoms with E-state index in [0.717, 1.165) is 22.3 Å². The Balaban J connectivity index is 1.97. The van der Waals surface area contributed by atoms with Crippen LogP contribution in [0.4, 0.5) is 5.95 Å². The summed E-state index contributed by atoms with van der Waals surface area (Å²) < 4.78 is 5.19. The van der Waals surface area contributed by atoms with Crippen molar-refractivity contribution in [2.75, 3.05) is 19.0 Å². The van der Waals surface area contributed by atoms with E-state index in [4.69, 9.17) is 4.74 Å². The number of nitrogens with zero attached hydrogens (tertiary/aromatic N) is 2. The SMILES string of the molecule is COc1ccc2c(C)nc(NC3=[NH+]CC(=O)N3)nc2c1. The van der Waals surface area contributed by atoms with Crippen molar-refractivity contribution < 1.29 is 14.5 Å². The zero-order valence-corrected chi connectivity index (χ0v) is 11.2. The zero-order valence-electron chi connectivity index (χ0n) is 11.2. The van der Waals surface area contributed by atoms with Gasteiger partial charge in [0.1, 0.15) is 5.75 Å². The van der Waals surface area contributed by atoms with Crippen LogP contribution in [0, 0.1) is 6.92 Å². The topological polar surface area (TPSA) is 90.1 Å². The Hall–Kier alpha value is -2.70. The first-order valence-electron chi connectivity index (χ1n) is 6.16. The number of guanidine groups is 1. The van der Waals surface area contributed by atoms with Gasteiger partial charge >= 0.3 is 11.9 Å². The molecule has 1 aromatic carbocycles. The maximum atomic E-state index is 11.1. The van der Waals surface area contributed by atoms with Crippen LogP contribution in [-0.2, 0) is 4.79 Å². The average Bonchev–Trinajstić information content (AvgIpc) is 2.83. The van der Waals surface area contributed by atoms with Gasteiger partial charge in [0, 0.05) is 11.5 Å². The zero-order chi connectivity index (χ0) is 14.1. The number of benzene rings is 1. The van der Waals surface area contributed by atoms with Gasteiger partial charge in [-0.3, -0.25) is 9.79 Å². The van der Waals surface area contributed by atoms with E-state index in [1.165, 1.54) is 0 Å². The number of aromatic nitrogens is 2. The Bertz CT molecular complexity index is 726. The molecule has 7 nitrogen and oxygen atoms in total. The minimum Gasteiger partial charge on any atom is -0.497 e. The number of fused-ring (bicyclic) bond motifs is 1. The first-order chi connectivity index (χ1) is 9.65. The van der Waals surface area contributed by atoms with Crippen molar-refractivity contribution in [2.45, 2.75) is 6.92 Å². The van der Waals surface area contributed by atoms with Crippen molar-refractivity contribution in [2.24, 2.45) is 0 Å². The Morgan fingerprint density at radius 1 is 1.40 bits per heavy atom. The quantitative estimate of drug-likeness (QED) is 0.647. The predicted molar refractivity (Wildman–Crippen MR) is 73.4 cm³/mol. The van der Waals surface area contributed by atoms with E-state index in [2.05, 4.69) is 25.6 Å². The van der Waals surface area contributed by atoms with E-state index in [0.29, 0.717) is 11.9 Å². The molecule has 7 heteroatoms. The summed E-state index contributed by atoms with van der Waals surface area (Å²) in [5, 5.41) is 6.56. The van der Waals surface area contributed by atoms with Crippen molar-refractivity contribution in [1.82, 2.24) is 15.3 Å². The smallest absolute Gasteiger partial charge is 0.358 e. The van der Waals surface area contributed by atoms with Crippen LogP contribution in [0.25, 0.3) is 10.9 Å². The molecule has 0 spiro atoms. The summed E-state index contributed by atoms with van der Waals surface area (Å²) in [6.45, 7) is 2.16. The number of hydrogen-bond acceptors (Lipinski definition) is 5. The molecule has 102 valence electrons. The highest BCUT2D eigenvalue weighted by Crippen LogP contribution is 2.22. The fraction of sp³-hybridized carbons (Fsp3) is 0.231. The van der Waals surface area contributed by atoms with Crippen LogP contribution in [0.3, 0.4) is 0 Å². The highest BCUT2D eigenvalue weighted by molar-refractivity contribution is 6.03. The number of methoxy groups -OCH3 is 1. The third kappa shape index (κ3) is 2.25. The molecule has 3 rings (SSSR count). The third-order valence-corrected chi connectivity index (χ3v) is 3.02. The summed E-state index contributed by atoms with van der Waals surface area (Å²) in [4.78, 5) is 22.8. The molecule has 0 radical (unpaired) electrons. The molecule has 2 aromatic rings. The minimum absolute atomic E-state index is 0.0910. The average molecular weight is 272 g/mol. The molecule has 0 aliphatic carbocycles. The lowest BCUT2D eigenvalue weighted by atomic mass is 10.2. The number of ether oxygens (including phenoxy) is 1. The van der Waals surface area contributed by atoms with Crippen molar-refractivity contribution >= 4 is 28.7 Å². The van der Waals surface area contributed by atoms with E-state index in [1.54, 1.807) is 7.11 Å². The third-order valence-electron chi connectivity index (χ3n) is 3.02. The Kier molecular flexibility index (Phi) is 2.94. The molecule has 0 fully saturated rings. The first kappa shape index (κ1) is 12.3. The van der Waals surface area contributed by atoms with Gasteiger partial charge in [-0.1, -0.05) is 0 Å². The molecule has 0 saturated heterocycles. The number of amides is 1. The minimum atomic E-state index is -0.0910. The second kappa shape index (κ2) is 4.76. The van der Waals surface area contributed by atoms with Crippen LogP contribution >= 0.6 is 0 Å². The summed E-state index contributed by atoms with van der Waals surface area (Å²) in [6, 6.07) is 5.65. The lowest BCUT2D eigenvalue weighted by molar-refractivity contribution is -0.437. The summed E-state index contributed by atoms with van der Waals surface area (Å²) in [5.41, 5.74) is 1.63. The standard InChI is InChI=1S/C13H13N5O2/c1-7-9-4-3-8(20-2)5-10(9)16-13(15-7)18-12-14-6-11(19)17-12/h3-5H,6H2,1-2H3,(H2,14,15,16,17,18,19)/p+1. The molecule has 1 aliphatic rings. The summed E-state index contributed by atoms with van der Waals surface area (Å²) >= 11 is 0. The molecule has 2 heterocycles. The molecule has 1 aliphatic heterocycles. The van der Waals surface area contributed by atoms with Crippen LogP contribution in [0.2, 0.25) is 0 Å². The van der Waals surface area contributed by atoms with Crippen LogP contribution in [-0.4, -0.2) is 35.5 Å². The van der Waals surface area contributed by atoms with Gasteiger partial charge in [0.05, 0.1) is 18.3 Å². The number of hydrogen-bond donors (Lipinski definition) is 3. The van der Waals surface area contributed by atoms with Gasteiger partial charge in [-0.15, -0.1) is 0 Å². The van der Waals surface area contributed by atoms with Gasteiger partial charge < -0.3 is 4.74 Å². The van der Waals surface area contributed by atoms with Gasteiger partial charge in [0.25, 0.3) is 5.95 Å². The number of rotatable bonds is 2. The Morgan fingerprint density at radius 3 is 2.95 bits per heavy atom. The van der Waals surface area contributed by atoms with Gasteiger partial charge in [0.2, 0.25) is 0 Å². The largest absolute Gasteiger partial charge is 0.497 e. The van der Waals surface area contributed by atoms with E-state index < -0.39 is 0 Å². The molecular weight excluding hydrogens is 258 g/mol. The van der Waals surface area contributed by atoms with Gasteiger partial charge in [-0.25, -0.2) is 15.6 Å². The maximum Gasteiger partial charge on any atom is 0.358 e. The summed E-state index contributed by atoms with van der Waals surface area (Å²) in [6.07, 6.45) is 0. The monoisotopic (exact) mass is 272 g/mol. The second-order valence-corrected chi connectivity index (χ2v) is 4.42. The van der Waals surface area contributed by atoms with Crippen LogP contribution in [0.15, 0.2) is 18.2 Å². The molecule has 3 N–H and O–H groups in total. The predicted octanol–water partition coefficient (Wildman–Crippen LogP) is -1.07. The van der Waals surface area contributed by atoms with Gasteiger partial charge in [0.15, 0.2) is 6.54 Å². The summed E-state index contributed by atoms with van der Waals surface area (Å²) in [7, 11) is 1.61. The van der Waals surface area contributed by atoms with Crippen molar-refractivity contribution in [1.29, 1.82) is 0 Å². The number of aryl methyl sites for hydroxylation is 1.